The van der Waals surface area contributed by atoms with Gasteiger partial charge in [-0.1, -0.05) is 14.9 Å². The summed E-state index contributed by atoms with van der Waals surface area (Å²) in [4.78, 5) is 0. The molecule has 0 heterocycles. The maximum atomic E-state index is 1.60. The molecule has 0 aliphatic heterocycles. The molecule has 0 amide bonds. The molecule has 4 saturated carbocycles. The quantitative estimate of drug-likeness (QED) is 0.633. The van der Waals surface area contributed by atoms with Crippen LogP contribution in [0.5, 0.6) is 0 Å². The summed E-state index contributed by atoms with van der Waals surface area (Å²) < 4.78 is 0. The van der Waals surface area contributed by atoms with E-state index in [-0.39, 0.29) is 33.4 Å². The predicted molar refractivity (Wildman–Crippen MR) is 67.4 cm³/mol. The zero-order valence-corrected chi connectivity index (χ0v) is 8.48. The van der Waals surface area contributed by atoms with Gasteiger partial charge < -0.3 is 6.15 Å². The van der Waals surface area contributed by atoms with Crippen LogP contribution in [0.25, 0.3) is 0 Å². The lowest BCUT2D eigenvalue weighted by atomic mass is 9.56. The van der Waals surface area contributed by atoms with Crippen molar-refractivity contribution in [2.45, 2.75) is 53.4 Å². The lowest BCUT2D eigenvalue weighted by molar-refractivity contribution is 0.0198. The summed E-state index contributed by atoms with van der Waals surface area (Å²) in [6.07, 6.45) is 9.62. The van der Waals surface area contributed by atoms with Crippen molar-refractivity contribution in [3.05, 3.63) is 0 Å². The molecule has 4 bridgehead atoms. The third-order valence-electron chi connectivity index (χ3n) is 4.00. The summed E-state index contributed by atoms with van der Waals surface area (Å²) in [6, 6.07) is 0. The second kappa shape index (κ2) is 5.97. The van der Waals surface area contributed by atoms with Crippen LogP contribution in [0.2, 0.25) is 0 Å². The van der Waals surface area contributed by atoms with E-state index in [1.54, 1.807) is 38.5 Å². The van der Waals surface area contributed by atoms with Gasteiger partial charge in [0.2, 0.25) is 0 Å². The van der Waals surface area contributed by atoms with E-state index in [1.807, 2.05) is 0 Å². The van der Waals surface area contributed by atoms with Gasteiger partial charge in [-0.05, 0) is 62.2 Å². The molecule has 14 heavy (non-hydrogen) atoms. The Balaban J connectivity index is 0. The molecular formula is C12H28ClN. The Morgan fingerprint density at radius 2 is 0.643 bits per heavy atom. The summed E-state index contributed by atoms with van der Waals surface area (Å²) >= 11 is 0. The van der Waals surface area contributed by atoms with Crippen LogP contribution in [0.15, 0.2) is 0 Å². The summed E-state index contributed by atoms with van der Waals surface area (Å²) in [5.41, 5.74) is 0. The zero-order valence-electron chi connectivity index (χ0n) is 7.67. The number of rotatable bonds is 0. The normalized spacial score (nSPS) is 41.1. The largest absolute Gasteiger partial charge is 0.344 e. The minimum absolute atomic E-state index is 0. The highest BCUT2D eigenvalue weighted by atomic mass is 35.5. The van der Waals surface area contributed by atoms with Crippen LogP contribution in [0.1, 0.15) is 53.4 Å². The highest BCUT2D eigenvalue weighted by Crippen LogP contribution is 2.53. The van der Waals surface area contributed by atoms with Crippen molar-refractivity contribution in [2.75, 3.05) is 0 Å². The molecule has 4 aliphatic rings. The second-order valence-electron chi connectivity index (χ2n) is 4.88. The molecule has 0 aromatic rings. The number of halogens is 1. The van der Waals surface area contributed by atoms with Crippen molar-refractivity contribution >= 4 is 12.4 Å². The van der Waals surface area contributed by atoms with E-state index < -0.39 is 0 Å². The molecule has 0 unspecified atom stereocenters. The molecule has 0 spiro atoms. The highest BCUT2D eigenvalue weighted by Gasteiger charge is 2.41. The lowest BCUT2D eigenvalue weighted by Gasteiger charge is -2.49. The maximum Gasteiger partial charge on any atom is -0.0406 e. The monoisotopic (exact) mass is 221 g/mol. The molecule has 4 fully saturated rings. The van der Waals surface area contributed by atoms with E-state index in [4.69, 9.17) is 0 Å². The van der Waals surface area contributed by atoms with Crippen LogP contribution in [0.3, 0.4) is 0 Å². The SMILES string of the molecule is C.C.C1C2CC3CC1CC(C2)C3.Cl.N. The fourth-order valence-electron chi connectivity index (χ4n) is 3.98. The van der Waals surface area contributed by atoms with Crippen LogP contribution in [-0.2, 0) is 0 Å². The minimum Gasteiger partial charge on any atom is -0.344 e. The van der Waals surface area contributed by atoms with E-state index >= 15 is 0 Å². The molecule has 0 atom stereocenters. The van der Waals surface area contributed by atoms with Gasteiger partial charge in [0.15, 0.2) is 0 Å². The summed E-state index contributed by atoms with van der Waals surface area (Å²) in [6.45, 7) is 0. The van der Waals surface area contributed by atoms with Gasteiger partial charge in [0.05, 0.1) is 0 Å². The van der Waals surface area contributed by atoms with Crippen LogP contribution in [-0.4, -0.2) is 0 Å². The van der Waals surface area contributed by atoms with Gasteiger partial charge in [-0.25, -0.2) is 0 Å². The fraction of sp³-hybridized carbons (Fsp3) is 1.00. The van der Waals surface area contributed by atoms with Gasteiger partial charge in [0.1, 0.15) is 0 Å². The van der Waals surface area contributed by atoms with Crippen molar-refractivity contribution < 1.29 is 0 Å². The van der Waals surface area contributed by atoms with E-state index in [2.05, 4.69) is 0 Å². The van der Waals surface area contributed by atoms with Crippen molar-refractivity contribution in [2.24, 2.45) is 23.7 Å². The molecule has 0 radical (unpaired) electrons. The van der Waals surface area contributed by atoms with Crippen LogP contribution in [0, 0.1) is 23.7 Å². The summed E-state index contributed by atoms with van der Waals surface area (Å²) in [7, 11) is 0. The minimum atomic E-state index is 0. The van der Waals surface area contributed by atoms with Gasteiger partial charge in [-0.2, -0.15) is 0 Å². The van der Waals surface area contributed by atoms with Gasteiger partial charge in [-0.3, -0.25) is 0 Å². The first-order valence-electron chi connectivity index (χ1n) is 4.90. The Labute approximate surface area is 96.0 Å². The first kappa shape index (κ1) is 16.7. The van der Waals surface area contributed by atoms with Crippen LogP contribution >= 0.6 is 12.4 Å². The van der Waals surface area contributed by atoms with E-state index in [0.717, 1.165) is 0 Å². The molecule has 0 saturated heterocycles. The van der Waals surface area contributed by atoms with Crippen molar-refractivity contribution in [1.82, 2.24) is 6.15 Å². The average molecular weight is 222 g/mol. The van der Waals surface area contributed by atoms with Gasteiger partial charge in [-0.15, -0.1) is 12.4 Å². The molecule has 4 rings (SSSR count). The standard InChI is InChI=1S/C10H16.2CH4.ClH.H3N/c1-7-2-9-4-8(1)5-10(3-7)6-9;;;;/h7-10H,1-6H2;2*1H4;1H;1H3. The van der Waals surface area contributed by atoms with Gasteiger partial charge in [0, 0.05) is 0 Å². The summed E-state index contributed by atoms with van der Waals surface area (Å²) in [5, 5.41) is 0. The molecule has 0 aromatic heterocycles. The molecule has 88 valence electrons. The Morgan fingerprint density at radius 3 is 0.786 bits per heavy atom. The van der Waals surface area contributed by atoms with Crippen molar-refractivity contribution in [1.29, 1.82) is 0 Å². The molecule has 3 N–H and O–H groups in total. The van der Waals surface area contributed by atoms with E-state index in [9.17, 15) is 0 Å². The average Bonchev–Trinajstić information content (AvgIpc) is 1.82. The highest BCUT2D eigenvalue weighted by molar-refractivity contribution is 5.85. The lowest BCUT2D eigenvalue weighted by Crippen LogP contribution is -2.38. The van der Waals surface area contributed by atoms with E-state index in [0.29, 0.717) is 0 Å². The molecule has 2 heteroatoms. The second-order valence-corrected chi connectivity index (χ2v) is 4.88. The number of hydrogen-bond donors (Lipinski definition) is 1. The van der Waals surface area contributed by atoms with Gasteiger partial charge >= 0.3 is 0 Å². The summed E-state index contributed by atoms with van der Waals surface area (Å²) in [5.74, 6) is 4.71. The third-order valence-corrected chi connectivity index (χ3v) is 4.00. The fourth-order valence-corrected chi connectivity index (χ4v) is 3.98. The Bertz CT molecular complexity index is 102. The Kier molecular flexibility index (Phi) is 7.11. The molecular weight excluding hydrogens is 194 g/mol. The van der Waals surface area contributed by atoms with E-state index in [1.165, 1.54) is 23.7 Å². The number of hydrogen-bond acceptors (Lipinski definition) is 1. The molecule has 0 aromatic carbocycles. The maximum absolute atomic E-state index is 1.60. The van der Waals surface area contributed by atoms with Crippen molar-refractivity contribution in [3.8, 4) is 0 Å². The third kappa shape index (κ3) is 2.64. The van der Waals surface area contributed by atoms with Gasteiger partial charge in [0.25, 0.3) is 0 Å². The predicted octanol–water partition coefficient (Wildman–Crippen LogP) is 4.69. The van der Waals surface area contributed by atoms with Crippen molar-refractivity contribution in [3.63, 3.8) is 0 Å². The molecule has 4 aliphatic carbocycles. The Hall–Kier alpha value is 0.250. The first-order chi connectivity index (χ1) is 4.90. The Morgan fingerprint density at radius 1 is 0.500 bits per heavy atom. The first-order valence-corrected chi connectivity index (χ1v) is 4.90. The van der Waals surface area contributed by atoms with Crippen LogP contribution < -0.4 is 6.15 Å². The molecule has 1 nitrogen and oxygen atoms in total. The van der Waals surface area contributed by atoms with Crippen LogP contribution in [0.4, 0.5) is 0 Å². The topological polar surface area (TPSA) is 35.0 Å². The zero-order chi connectivity index (χ0) is 6.55. The smallest absolute Gasteiger partial charge is 0.0406 e.